The zero-order chi connectivity index (χ0) is 10.6. The summed E-state index contributed by atoms with van der Waals surface area (Å²) in [5.74, 6) is 0. The fourth-order valence-corrected chi connectivity index (χ4v) is 2.07. The third-order valence-electron chi connectivity index (χ3n) is 2.88. The summed E-state index contributed by atoms with van der Waals surface area (Å²) in [4.78, 5) is 2.40. The summed E-state index contributed by atoms with van der Waals surface area (Å²) in [6, 6.07) is 0. The van der Waals surface area contributed by atoms with Crippen LogP contribution in [0.3, 0.4) is 0 Å². The molecule has 84 valence electrons. The highest BCUT2D eigenvalue weighted by molar-refractivity contribution is 4.72. The molecule has 1 N–H and O–H groups in total. The Labute approximate surface area is 88.3 Å². The molecule has 14 heavy (non-hydrogen) atoms. The van der Waals surface area contributed by atoms with E-state index in [0.29, 0.717) is 5.41 Å². The molecule has 0 saturated carbocycles. The number of nitrogens with zero attached hydrogens (tertiary/aromatic N) is 1. The Morgan fingerprint density at radius 2 is 2.07 bits per heavy atom. The maximum absolute atomic E-state index is 9.50. The van der Waals surface area contributed by atoms with Gasteiger partial charge in [-0.2, -0.15) is 0 Å². The first-order valence-electron chi connectivity index (χ1n) is 5.88. The van der Waals surface area contributed by atoms with Gasteiger partial charge in [-0.05, 0) is 44.2 Å². The van der Waals surface area contributed by atoms with Crippen molar-refractivity contribution in [3.05, 3.63) is 0 Å². The van der Waals surface area contributed by atoms with Crippen molar-refractivity contribution in [1.29, 1.82) is 0 Å². The molecule has 0 aromatic heterocycles. The molecule has 1 aliphatic heterocycles. The molecule has 0 aromatic carbocycles. The van der Waals surface area contributed by atoms with E-state index < -0.39 is 0 Å². The molecular weight excluding hydrogens is 174 g/mol. The van der Waals surface area contributed by atoms with Crippen LogP contribution in [-0.4, -0.2) is 35.7 Å². The van der Waals surface area contributed by atoms with Crippen LogP contribution in [0, 0.1) is 5.41 Å². The van der Waals surface area contributed by atoms with Gasteiger partial charge in [0.15, 0.2) is 0 Å². The number of aliphatic hydroxyl groups is 1. The average Bonchev–Trinajstić information content (AvgIpc) is 2.01. The van der Waals surface area contributed by atoms with Crippen LogP contribution in [0.4, 0.5) is 0 Å². The lowest BCUT2D eigenvalue weighted by Gasteiger charge is -2.30. The fraction of sp³-hybridized carbons (Fsp3) is 1.00. The zero-order valence-electron chi connectivity index (χ0n) is 9.92. The van der Waals surface area contributed by atoms with Gasteiger partial charge in [-0.25, -0.2) is 0 Å². The first-order chi connectivity index (χ1) is 6.47. The number of hydrogen-bond donors (Lipinski definition) is 1. The van der Waals surface area contributed by atoms with Crippen molar-refractivity contribution < 1.29 is 5.11 Å². The predicted octanol–water partition coefficient (Wildman–Crippen LogP) is 2.27. The lowest BCUT2D eigenvalue weighted by atomic mass is 9.90. The van der Waals surface area contributed by atoms with Gasteiger partial charge in [0.05, 0.1) is 6.10 Å². The van der Waals surface area contributed by atoms with E-state index in [4.69, 9.17) is 0 Å². The van der Waals surface area contributed by atoms with Crippen LogP contribution in [0.25, 0.3) is 0 Å². The normalized spacial score (nSPS) is 25.3. The molecule has 0 amide bonds. The van der Waals surface area contributed by atoms with Crippen LogP contribution in [-0.2, 0) is 0 Å². The second-order valence-corrected chi connectivity index (χ2v) is 5.76. The molecule has 0 bridgehead atoms. The number of hydrogen-bond acceptors (Lipinski definition) is 2. The van der Waals surface area contributed by atoms with Gasteiger partial charge in [0.2, 0.25) is 0 Å². The molecule has 1 heterocycles. The molecular formula is C12H25NO. The molecule has 1 fully saturated rings. The second kappa shape index (κ2) is 5.13. The lowest BCUT2D eigenvalue weighted by Crippen LogP contribution is -2.38. The van der Waals surface area contributed by atoms with Crippen molar-refractivity contribution in [3.8, 4) is 0 Å². The Morgan fingerprint density at radius 1 is 1.36 bits per heavy atom. The molecule has 0 radical (unpaired) electrons. The smallest absolute Gasteiger partial charge is 0.0667 e. The van der Waals surface area contributed by atoms with Crippen LogP contribution in [0.1, 0.15) is 46.5 Å². The maximum atomic E-state index is 9.50. The first kappa shape index (κ1) is 12.0. The van der Waals surface area contributed by atoms with Gasteiger partial charge in [-0.1, -0.05) is 20.8 Å². The quantitative estimate of drug-likeness (QED) is 0.753. The zero-order valence-corrected chi connectivity index (χ0v) is 9.92. The number of rotatable bonds is 3. The van der Waals surface area contributed by atoms with Gasteiger partial charge in [0, 0.05) is 6.54 Å². The van der Waals surface area contributed by atoms with Crippen molar-refractivity contribution in [3.63, 3.8) is 0 Å². The van der Waals surface area contributed by atoms with E-state index in [1.54, 1.807) is 0 Å². The summed E-state index contributed by atoms with van der Waals surface area (Å²) in [6.45, 7) is 10.1. The van der Waals surface area contributed by atoms with Crippen molar-refractivity contribution >= 4 is 0 Å². The maximum Gasteiger partial charge on any atom is 0.0667 e. The summed E-state index contributed by atoms with van der Waals surface area (Å²) in [6.07, 6.45) is 4.63. The molecule has 2 nitrogen and oxygen atoms in total. The molecule has 0 spiro atoms. The van der Waals surface area contributed by atoms with Crippen LogP contribution in [0.5, 0.6) is 0 Å². The lowest BCUT2D eigenvalue weighted by molar-refractivity contribution is 0.0685. The Hall–Kier alpha value is -0.0800. The summed E-state index contributed by atoms with van der Waals surface area (Å²) >= 11 is 0. The van der Waals surface area contributed by atoms with Gasteiger partial charge in [0.1, 0.15) is 0 Å². The van der Waals surface area contributed by atoms with E-state index in [0.717, 1.165) is 25.9 Å². The van der Waals surface area contributed by atoms with E-state index in [1.165, 1.54) is 19.4 Å². The van der Waals surface area contributed by atoms with E-state index in [2.05, 4.69) is 25.7 Å². The third kappa shape index (κ3) is 4.97. The molecule has 0 unspecified atom stereocenters. The Bertz CT molecular complexity index is 162. The number of aliphatic hydroxyl groups excluding tert-OH is 1. The molecule has 1 saturated heterocycles. The number of β-amino-alcohol motifs (C(OH)–C–C–N with tert-alkyl or cyclic N) is 1. The average molecular weight is 199 g/mol. The first-order valence-corrected chi connectivity index (χ1v) is 5.88. The van der Waals surface area contributed by atoms with Gasteiger partial charge in [-0.3, -0.25) is 0 Å². The summed E-state index contributed by atoms with van der Waals surface area (Å²) in [7, 11) is 0. The van der Waals surface area contributed by atoms with Crippen LogP contribution < -0.4 is 0 Å². The topological polar surface area (TPSA) is 23.5 Å². The molecule has 2 heteroatoms. The number of piperidine rings is 1. The Kier molecular flexibility index (Phi) is 4.39. The molecule has 1 aliphatic rings. The van der Waals surface area contributed by atoms with E-state index >= 15 is 0 Å². The monoisotopic (exact) mass is 199 g/mol. The third-order valence-corrected chi connectivity index (χ3v) is 2.88. The van der Waals surface area contributed by atoms with E-state index in [1.807, 2.05) is 0 Å². The van der Waals surface area contributed by atoms with Crippen molar-refractivity contribution in [2.75, 3.05) is 19.6 Å². The highest BCUT2D eigenvalue weighted by atomic mass is 16.3. The molecule has 1 atom stereocenters. The minimum absolute atomic E-state index is 0.0709. The highest BCUT2D eigenvalue weighted by Gasteiger charge is 2.17. The Balaban J connectivity index is 2.12. The van der Waals surface area contributed by atoms with Crippen molar-refractivity contribution in [2.45, 2.75) is 52.6 Å². The molecule has 1 rings (SSSR count). The summed E-state index contributed by atoms with van der Waals surface area (Å²) in [5, 5.41) is 9.50. The van der Waals surface area contributed by atoms with Gasteiger partial charge in [-0.15, -0.1) is 0 Å². The second-order valence-electron chi connectivity index (χ2n) is 5.76. The SMILES string of the molecule is CC(C)(C)CCCN1CCC[C@H](O)C1. The minimum atomic E-state index is -0.0709. The van der Waals surface area contributed by atoms with E-state index in [9.17, 15) is 5.11 Å². The molecule has 0 aromatic rings. The minimum Gasteiger partial charge on any atom is -0.392 e. The van der Waals surface area contributed by atoms with E-state index in [-0.39, 0.29) is 6.10 Å². The van der Waals surface area contributed by atoms with Crippen molar-refractivity contribution in [2.24, 2.45) is 5.41 Å². The van der Waals surface area contributed by atoms with Gasteiger partial charge in [0.25, 0.3) is 0 Å². The van der Waals surface area contributed by atoms with Crippen LogP contribution in [0.2, 0.25) is 0 Å². The summed E-state index contributed by atoms with van der Waals surface area (Å²) in [5.41, 5.74) is 0.453. The largest absolute Gasteiger partial charge is 0.392 e. The van der Waals surface area contributed by atoms with Gasteiger partial charge < -0.3 is 10.0 Å². The fourth-order valence-electron chi connectivity index (χ4n) is 2.07. The van der Waals surface area contributed by atoms with Gasteiger partial charge >= 0.3 is 0 Å². The van der Waals surface area contributed by atoms with Crippen molar-refractivity contribution in [1.82, 2.24) is 4.90 Å². The van der Waals surface area contributed by atoms with Crippen LogP contribution in [0.15, 0.2) is 0 Å². The standard InChI is InChI=1S/C12H25NO/c1-12(2,3)7-5-9-13-8-4-6-11(14)10-13/h11,14H,4-10H2,1-3H3/t11-/m0/s1. The molecule has 0 aliphatic carbocycles. The highest BCUT2D eigenvalue weighted by Crippen LogP contribution is 2.21. The predicted molar refractivity (Wildman–Crippen MR) is 60.4 cm³/mol. The number of likely N-dealkylation sites (tertiary alicyclic amines) is 1. The Morgan fingerprint density at radius 3 is 2.64 bits per heavy atom. The summed E-state index contributed by atoms with van der Waals surface area (Å²) < 4.78 is 0. The van der Waals surface area contributed by atoms with Crippen LogP contribution >= 0.6 is 0 Å².